The van der Waals surface area contributed by atoms with Crippen molar-refractivity contribution in [1.82, 2.24) is 9.59 Å². The summed E-state index contributed by atoms with van der Waals surface area (Å²) >= 11 is 1.29. The predicted octanol–water partition coefficient (Wildman–Crippen LogP) is -0.178. The van der Waals surface area contributed by atoms with E-state index in [0.29, 0.717) is 6.42 Å². The monoisotopic (exact) mass is 195 g/mol. The van der Waals surface area contributed by atoms with Gasteiger partial charge in [-0.1, -0.05) is 4.49 Å². The third-order valence-electron chi connectivity index (χ3n) is 1.11. The summed E-state index contributed by atoms with van der Waals surface area (Å²) in [5.74, 6) is 0. The molecule has 1 aromatic rings. The first-order valence-electron chi connectivity index (χ1n) is 2.95. The Kier molecular flexibility index (Phi) is 5.31. The molecule has 1 unspecified atom stereocenters. The summed E-state index contributed by atoms with van der Waals surface area (Å²) in [5, 5.41) is 14.2. The molecule has 0 bridgehead atoms. The van der Waals surface area contributed by atoms with Gasteiger partial charge in [0, 0.05) is 17.8 Å². The molecule has 0 radical (unpaired) electrons. The quantitative estimate of drug-likeness (QED) is 0.702. The Balaban J connectivity index is 0.000001000. The highest BCUT2D eigenvalue weighted by Gasteiger charge is 2.03. The first-order chi connectivity index (χ1) is 4.83. The molecule has 0 saturated carbocycles. The highest BCUT2D eigenvalue weighted by molar-refractivity contribution is 7.03. The second kappa shape index (κ2) is 5.42. The molecular formula is C5H10ClN3OS. The van der Waals surface area contributed by atoms with Gasteiger partial charge in [0.2, 0.25) is 0 Å². The Bertz CT molecular complexity index is 182. The topological polar surface area (TPSA) is 72.0 Å². The smallest absolute Gasteiger partial charge is 0.0771 e. The van der Waals surface area contributed by atoms with Crippen molar-refractivity contribution in [3.8, 4) is 0 Å². The average Bonchev–Trinajstić information content (AvgIpc) is 2.40. The molecule has 1 rings (SSSR count). The van der Waals surface area contributed by atoms with Gasteiger partial charge in [-0.2, -0.15) is 0 Å². The number of aromatic nitrogens is 2. The molecule has 1 aromatic heterocycles. The highest BCUT2D eigenvalue weighted by Crippen LogP contribution is 1.99. The van der Waals surface area contributed by atoms with E-state index in [4.69, 9.17) is 10.8 Å². The minimum Gasteiger partial charge on any atom is -0.395 e. The zero-order valence-corrected chi connectivity index (χ0v) is 7.44. The van der Waals surface area contributed by atoms with Gasteiger partial charge in [-0.05, 0) is 11.5 Å². The van der Waals surface area contributed by atoms with E-state index in [1.807, 2.05) is 5.38 Å². The van der Waals surface area contributed by atoms with E-state index in [2.05, 4.69) is 9.59 Å². The Morgan fingerprint density at radius 2 is 2.45 bits per heavy atom. The van der Waals surface area contributed by atoms with E-state index in [9.17, 15) is 0 Å². The van der Waals surface area contributed by atoms with Crippen LogP contribution in [0.4, 0.5) is 0 Å². The van der Waals surface area contributed by atoms with Crippen LogP contribution in [0.1, 0.15) is 5.69 Å². The Morgan fingerprint density at radius 1 is 1.73 bits per heavy atom. The normalized spacial score (nSPS) is 12.2. The van der Waals surface area contributed by atoms with E-state index in [-0.39, 0.29) is 25.1 Å². The van der Waals surface area contributed by atoms with Crippen molar-refractivity contribution >= 4 is 23.9 Å². The van der Waals surface area contributed by atoms with Gasteiger partial charge in [-0.15, -0.1) is 17.5 Å². The van der Waals surface area contributed by atoms with Crippen LogP contribution in [0.5, 0.6) is 0 Å². The van der Waals surface area contributed by atoms with Gasteiger partial charge < -0.3 is 10.8 Å². The number of nitrogens with zero attached hydrogens (tertiary/aromatic N) is 2. The van der Waals surface area contributed by atoms with Crippen molar-refractivity contribution in [2.24, 2.45) is 5.73 Å². The van der Waals surface area contributed by atoms with Crippen LogP contribution in [0.3, 0.4) is 0 Å². The van der Waals surface area contributed by atoms with Crippen molar-refractivity contribution in [1.29, 1.82) is 0 Å². The Labute approximate surface area is 75.0 Å². The number of nitrogens with two attached hydrogens (primary N) is 1. The lowest BCUT2D eigenvalue weighted by Gasteiger charge is -2.02. The number of hydrogen-bond donors (Lipinski definition) is 2. The van der Waals surface area contributed by atoms with Gasteiger partial charge in [-0.25, -0.2) is 0 Å². The summed E-state index contributed by atoms with van der Waals surface area (Å²) in [7, 11) is 0. The van der Waals surface area contributed by atoms with Gasteiger partial charge in [0.25, 0.3) is 0 Å². The second-order valence-electron chi connectivity index (χ2n) is 2.04. The van der Waals surface area contributed by atoms with Gasteiger partial charge in [0.1, 0.15) is 0 Å². The second-order valence-corrected chi connectivity index (χ2v) is 2.65. The molecule has 3 N–H and O–H groups in total. The van der Waals surface area contributed by atoms with Crippen LogP contribution in [0, 0.1) is 0 Å². The molecule has 4 nitrogen and oxygen atoms in total. The molecule has 0 aliphatic carbocycles. The van der Waals surface area contributed by atoms with Crippen LogP contribution in [-0.2, 0) is 6.42 Å². The third-order valence-corrected chi connectivity index (χ3v) is 1.66. The van der Waals surface area contributed by atoms with Crippen LogP contribution < -0.4 is 5.73 Å². The van der Waals surface area contributed by atoms with Gasteiger partial charge in [0.05, 0.1) is 12.3 Å². The van der Waals surface area contributed by atoms with Crippen LogP contribution in [0.2, 0.25) is 0 Å². The maximum atomic E-state index is 8.56. The molecule has 0 fully saturated rings. The van der Waals surface area contributed by atoms with Crippen molar-refractivity contribution in [3.05, 3.63) is 11.1 Å². The van der Waals surface area contributed by atoms with Crippen LogP contribution in [0.15, 0.2) is 5.38 Å². The molecular weight excluding hydrogens is 186 g/mol. The first-order valence-corrected chi connectivity index (χ1v) is 3.79. The fourth-order valence-electron chi connectivity index (χ4n) is 0.606. The lowest BCUT2D eigenvalue weighted by Crippen LogP contribution is -2.26. The van der Waals surface area contributed by atoms with Crippen molar-refractivity contribution < 1.29 is 5.11 Å². The largest absolute Gasteiger partial charge is 0.395 e. The maximum absolute atomic E-state index is 8.56. The zero-order valence-electron chi connectivity index (χ0n) is 5.80. The molecule has 0 aliphatic heterocycles. The third kappa shape index (κ3) is 3.62. The number of rotatable bonds is 3. The van der Waals surface area contributed by atoms with Crippen molar-refractivity contribution in [2.75, 3.05) is 6.61 Å². The molecule has 0 aromatic carbocycles. The number of hydrogen-bond acceptors (Lipinski definition) is 5. The molecule has 0 aliphatic rings. The number of halogens is 1. The summed E-state index contributed by atoms with van der Waals surface area (Å²) in [5.41, 5.74) is 6.30. The van der Waals surface area contributed by atoms with Gasteiger partial charge in [-0.3, -0.25) is 0 Å². The zero-order chi connectivity index (χ0) is 7.40. The molecule has 0 saturated heterocycles. The minimum absolute atomic E-state index is 0. The van der Waals surface area contributed by atoms with Crippen LogP contribution in [-0.4, -0.2) is 27.3 Å². The van der Waals surface area contributed by atoms with Gasteiger partial charge in [0.15, 0.2) is 0 Å². The fourth-order valence-corrected chi connectivity index (χ4v) is 1.07. The molecule has 1 heterocycles. The van der Waals surface area contributed by atoms with E-state index in [1.165, 1.54) is 11.5 Å². The summed E-state index contributed by atoms with van der Waals surface area (Å²) in [4.78, 5) is 0. The van der Waals surface area contributed by atoms with E-state index < -0.39 is 0 Å². The van der Waals surface area contributed by atoms with Crippen LogP contribution in [0.25, 0.3) is 0 Å². The minimum atomic E-state index is -0.205. The van der Waals surface area contributed by atoms with E-state index in [1.54, 1.807) is 0 Å². The van der Waals surface area contributed by atoms with Crippen molar-refractivity contribution in [3.63, 3.8) is 0 Å². The molecule has 0 amide bonds. The molecule has 6 heteroatoms. The first kappa shape index (κ1) is 10.8. The lowest BCUT2D eigenvalue weighted by molar-refractivity contribution is 0.264. The fraction of sp³-hybridized carbons (Fsp3) is 0.600. The van der Waals surface area contributed by atoms with Gasteiger partial charge >= 0.3 is 0 Å². The number of aliphatic hydroxyl groups is 1. The van der Waals surface area contributed by atoms with E-state index >= 15 is 0 Å². The van der Waals surface area contributed by atoms with Crippen molar-refractivity contribution in [2.45, 2.75) is 12.5 Å². The maximum Gasteiger partial charge on any atom is 0.0771 e. The Morgan fingerprint density at radius 3 is 2.91 bits per heavy atom. The predicted molar refractivity (Wildman–Crippen MR) is 45.9 cm³/mol. The Hall–Kier alpha value is -0.230. The molecule has 64 valence electrons. The lowest BCUT2D eigenvalue weighted by atomic mass is 10.2. The molecule has 1 atom stereocenters. The molecule has 0 spiro atoms. The summed E-state index contributed by atoms with van der Waals surface area (Å²) < 4.78 is 3.66. The average molecular weight is 196 g/mol. The standard InChI is InChI=1S/C5H9N3OS.ClH/c6-4(2-9)1-5-3-10-8-7-5;/h3-4,9H,1-2,6H2;1H. The van der Waals surface area contributed by atoms with Crippen LogP contribution >= 0.6 is 23.9 Å². The SMILES string of the molecule is Cl.NC(CO)Cc1csnn1. The van der Waals surface area contributed by atoms with E-state index in [0.717, 1.165) is 5.69 Å². The summed E-state index contributed by atoms with van der Waals surface area (Å²) in [6.07, 6.45) is 0.604. The highest BCUT2D eigenvalue weighted by atomic mass is 35.5. The summed E-state index contributed by atoms with van der Waals surface area (Å²) in [6, 6.07) is -0.205. The molecule has 11 heavy (non-hydrogen) atoms. The number of aliphatic hydroxyl groups excluding tert-OH is 1. The summed E-state index contributed by atoms with van der Waals surface area (Å²) in [6.45, 7) is -0.00245.